The van der Waals surface area contributed by atoms with Gasteiger partial charge in [0.1, 0.15) is 0 Å². The first kappa shape index (κ1) is 17.5. The monoisotopic (exact) mass is 348 g/mol. The fourth-order valence-electron chi connectivity index (χ4n) is 1.90. The molecule has 122 valence electrons. The fraction of sp³-hybridized carbons (Fsp3) is 0.312. The number of carbonyl (C=O) groups is 1. The lowest BCUT2D eigenvalue weighted by Crippen LogP contribution is -2.30. The van der Waals surface area contributed by atoms with Crippen LogP contribution in [0.2, 0.25) is 0 Å². The number of benzene rings is 1. The van der Waals surface area contributed by atoms with E-state index in [0.717, 1.165) is 35.1 Å². The summed E-state index contributed by atoms with van der Waals surface area (Å²) in [7, 11) is 0. The van der Waals surface area contributed by atoms with Crippen molar-refractivity contribution in [1.82, 2.24) is 15.3 Å². The van der Waals surface area contributed by atoms with Crippen LogP contribution < -0.4 is 10.6 Å². The maximum Gasteiger partial charge on any atom is 0.170 e. The Morgan fingerprint density at radius 2 is 2.09 bits per heavy atom. The number of thioether (sulfide) groups is 1. The average Bonchev–Trinajstić information content (AvgIpc) is 2.93. The second-order valence-corrected chi connectivity index (χ2v) is 6.55. The number of H-pyrrole nitrogens is 1. The maximum atomic E-state index is 11.2. The van der Waals surface area contributed by atoms with Crippen molar-refractivity contribution in [3.05, 3.63) is 47.5 Å². The van der Waals surface area contributed by atoms with Crippen LogP contribution >= 0.6 is 24.0 Å². The molecule has 2 aromatic rings. The Balaban J connectivity index is 1.65. The van der Waals surface area contributed by atoms with Gasteiger partial charge in [0.25, 0.3) is 0 Å². The van der Waals surface area contributed by atoms with Crippen molar-refractivity contribution in [3.8, 4) is 0 Å². The Bertz CT molecular complexity index is 667. The molecule has 0 atom stereocenters. The van der Waals surface area contributed by atoms with E-state index in [2.05, 4.69) is 20.6 Å². The number of hydrogen-bond donors (Lipinski definition) is 3. The molecule has 0 unspecified atom stereocenters. The molecule has 0 fully saturated rings. The molecule has 0 radical (unpaired) electrons. The third kappa shape index (κ3) is 5.69. The standard InChI is InChI=1S/C16H20N4OS2/c1-11-15(19-10-18-11)9-23-8-7-17-16(22)20-14-5-3-13(4-6-14)12(2)21/h3-6,10H,7-9H2,1-2H3,(H,18,19)(H2,17,20,22). The summed E-state index contributed by atoms with van der Waals surface area (Å²) in [6.07, 6.45) is 1.72. The molecule has 7 heteroatoms. The molecule has 0 bridgehead atoms. The number of rotatable bonds is 7. The number of carbonyl (C=O) groups excluding carboxylic acids is 1. The number of thiocarbonyl (C=S) groups is 1. The van der Waals surface area contributed by atoms with Crippen LogP contribution in [0.3, 0.4) is 0 Å². The van der Waals surface area contributed by atoms with E-state index in [4.69, 9.17) is 12.2 Å². The number of nitrogens with one attached hydrogen (secondary N) is 3. The normalized spacial score (nSPS) is 10.3. The van der Waals surface area contributed by atoms with Crippen LogP contribution in [0, 0.1) is 6.92 Å². The van der Waals surface area contributed by atoms with Gasteiger partial charge in [0, 0.05) is 35.0 Å². The van der Waals surface area contributed by atoms with Gasteiger partial charge in [-0.1, -0.05) is 0 Å². The Hall–Kier alpha value is -1.86. The van der Waals surface area contributed by atoms with E-state index < -0.39 is 0 Å². The van der Waals surface area contributed by atoms with E-state index in [1.165, 1.54) is 0 Å². The molecule has 0 aliphatic heterocycles. The van der Waals surface area contributed by atoms with Crippen LogP contribution in [0.1, 0.15) is 28.7 Å². The molecule has 5 nitrogen and oxygen atoms in total. The summed E-state index contributed by atoms with van der Waals surface area (Å²) in [5, 5.41) is 6.85. The first-order valence-corrected chi connectivity index (χ1v) is 8.85. The van der Waals surface area contributed by atoms with Gasteiger partial charge in [-0.2, -0.15) is 11.8 Å². The second-order valence-electron chi connectivity index (χ2n) is 5.04. The van der Waals surface area contributed by atoms with Gasteiger partial charge in [0.2, 0.25) is 0 Å². The summed E-state index contributed by atoms with van der Waals surface area (Å²) in [4.78, 5) is 18.6. The van der Waals surface area contributed by atoms with Crippen molar-refractivity contribution >= 4 is 40.6 Å². The van der Waals surface area contributed by atoms with Crippen molar-refractivity contribution in [2.24, 2.45) is 0 Å². The lowest BCUT2D eigenvalue weighted by Gasteiger charge is -2.10. The number of anilines is 1. The van der Waals surface area contributed by atoms with E-state index in [-0.39, 0.29) is 5.78 Å². The molecular weight excluding hydrogens is 328 g/mol. The number of hydrogen-bond acceptors (Lipinski definition) is 4. The van der Waals surface area contributed by atoms with Crippen LogP contribution in [-0.4, -0.2) is 33.2 Å². The number of Topliss-reactive ketones (excluding diaryl/α,β-unsaturated/α-hetero) is 1. The van der Waals surface area contributed by atoms with Crippen molar-refractivity contribution in [1.29, 1.82) is 0 Å². The number of ketones is 1. The average molecular weight is 348 g/mol. The Morgan fingerprint density at radius 3 is 2.70 bits per heavy atom. The first-order valence-electron chi connectivity index (χ1n) is 7.28. The number of nitrogens with zero attached hydrogens (tertiary/aromatic N) is 1. The van der Waals surface area contributed by atoms with E-state index in [0.29, 0.717) is 10.7 Å². The minimum atomic E-state index is 0.0569. The third-order valence-corrected chi connectivity index (χ3v) is 4.47. The summed E-state index contributed by atoms with van der Waals surface area (Å²) in [6, 6.07) is 7.27. The minimum absolute atomic E-state index is 0.0569. The highest BCUT2D eigenvalue weighted by Crippen LogP contribution is 2.12. The first-order chi connectivity index (χ1) is 11.1. The number of aryl methyl sites for hydroxylation is 1. The summed E-state index contributed by atoms with van der Waals surface area (Å²) in [5.74, 6) is 1.89. The highest BCUT2D eigenvalue weighted by molar-refractivity contribution is 7.98. The molecule has 0 aliphatic carbocycles. The topological polar surface area (TPSA) is 69.8 Å². The second kappa shape index (κ2) is 8.69. The number of imidazole rings is 1. The van der Waals surface area contributed by atoms with E-state index in [1.807, 2.05) is 30.8 Å². The third-order valence-electron chi connectivity index (χ3n) is 3.25. The molecular formula is C16H20N4OS2. The van der Waals surface area contributed by atoms with Crippen LogP contribution in [0.4, 0.5) is 5.69 Å². The van der Waals surface area contributed by atoms with Crippen LogP contribution in [0.15, 0.2) is 30.6 Å². The van der Waals surface area contributed by atoms with E-state index in [1.54, 1.807) is 25.4 Å². The lowest BCUT2D eigenvalue weighted by atomic mass is 10.1. The van der Waals surface area contributed by atoms with Crippen molar-refractivity contribution < 1.29 is 4.79 Å². The maximum absolute atomic E-state index is 11.2. The van der Waals surface area contributed by atoms with Crippen LogP contribution in [-0.2, 0) is 5.75 Å². The van der Waals surface area contributed by atoms with Crippen molar-refractivity contribution in [2.75, 3.05) is 17.6 Å². The van der Waals surface area contributed by atoms with Crippen LogP contribution in [0.5, 0.6) is 0 Å². The SMILES string of the molecule is CC(=O)c1ccc(NC(=S)NCCSCc2nc[nH]c2C)cc1. The highest BCUT2D eigenvalue weighted by atomic mass is 32.2. The smallest absolute Gasteiger partial charge is 0.170 e. The van der Waals surface area contributed by atoms with Gasteiger partial charge < -0.3 is 15.6 Å². The Kier molecular flexibility index (Phi) is 6.61. The zero-order chi connectivity index (χ0) is 16.7. The minimum Gasteiger partial charge on any atom is -0.362 e. The largest absolute Gasteiger partial charge is 0.362 e. The van der Waals surface area contributed by atoms with Gasteiger partial charge in [0.15, 0.2) is 10.9 Å². The molecule has 0 spiro atoms. The lowest BCUT2D eigenvalue weighted by molar-refractivity contribution is 0.101. The molecule has 23 heavy (non-hydrogen) atoms. The Morgan fingerprint density at radius 1 is 1.35 bits per heavy atom. The predicted octanol–water partition coefficient (Wildman–Crippen LogP) is 3.14. The predicted molar refractivity (Wildman–Crippen MR) is 100 cm³/mol. The molecule has 1 heterocycles. The molecule has 0 aliphatic rings. The number of aromatic amines is 1. The van der Waals surface area contributed by atoms with E-state index in [9.17, 15) is 4.79 Å². The fourth-order valence-corrected chi connectivity index (χ4v) is 3.00. The molecule has 0 saturated heterocycles. The molecule has 0 saturated carbocycles. The van der Waals surface area contributed by atoms with E-state index >= 15 is 0 Å². The van der Waals surface area contributed by atoms with Gasteiger partial charge in [-0.3, -0.25) is 4.79 Å². The molecule has 1 aromatic carbocycles. The Labute approximate surface area is 145 Å². The molecule has 0 amide bonds. The summed E-state index contributed by atoms with van der Waals surface area (Å²) in [5.41, 5.74) is 3.78. The van der Waals surface area contributed by atoms with Gasteiger partial charge in [0.05, 0.1) is 12.0 Å². The summed E-state index contributed by atoms with van der Waals surface area (Å²) in [6.45, 7) is 4.36. The summed E-state index contributed by atoms with van der Waals surface area (Å²) < 4.78 is 0. The zero-order valence-electron chi connectivity index (χ0n) is 13.2. The molecule has 3 N–H and O–H groups in total. The van der Waals surface area contributed by atoms with Crippen molar-refractivity contribution in [2.45, 2.75) is 19.6 Å². The van der Waals surface area contributed by atoms with Gasteiger partial charge in [-0.05, 0) is 50.3 Å². The molecule has 1 aromatic heterocycles. The van der Waals surface area contributed by atoms with Gasteiger partial charge in [-0.25, -0.2) is 4.98 Å². The van der Waals surface area contributed by atoms with Gasteiger partial charge >= 0.3 is 0 Å². The van der Waals surface area contributed by atoms with Gasteiger partial charge in [-0.15, -0.1) is 0 Å². The highest BCUT2D eigenvalue weighted by Gasteiger charge is 2.02. The zero-order valence-corrected chi connectivity index (χ0v) is 14.8. The number of aromatic nitrogens is 2. The summed E-state index contributed by atoms with van der Waals surface area (Å²) >= 11 is 7.06. The quantitative estimate of drug-likeness (QED) is 0.406. The molecule has 2 rings (SSSR count). The van der Waals surface area contributed by atoms with Crippen LogP contribution in [0.25, 0.3) is 0 Å². The van der Waals surface area contributed by atoms with Crippen molar-refractivity contribution in [3.63, 3.8) is 0 Å².